The minimum atomic E-state index is -0.971. The summed E-state index contributed by atoms with van der Waals surface area (Å²) in [6.07, 6.45) is 13.5. The Morgan fingerprint density at radius 3 is 2.50 bits per heavy atom. The Balaban J connectivity index is 1.07. The predicted molar refractivity (Wildman–Crippen MR) is 187 cm³/mol. The fourth-order valence-corrected chi connectivity index (χ4v) is 10.4. The first kappa shape index (κ1) is 35.0. The number of amides is 1. The number of aromatic hydroxyl groups is 1. The SMILES string of the molecule is COc1ccc(CC(=O)N(CCCCCC[C@@H]2Cc3cc(O)ccc3C3C2C2CC[C@H](O)[C@@]2(C)C[C@@H]3F)CC2CCCCC2)cc1OC. The number of phenols is 1. The normalized spacial score (nSPS) is 29.9. The molecule has 0 spiro atoms. The Morgan fingerprint density at radius 2 is 1.73 bits per heavy atom. The van der Waals surface area contributed by atoms with Crippen molar-refractivity contribution in [3.05, 3.63) is 53.1 Å². The molecule has 4 aliphatic carbocycles. The van der Waals surface area contributed by atoms with Crippen LogP contribution >= 0.6 is 0 Å². The molecule has 264 valence electrons. The largest absolute Gasteiger partial charge is 0.508 e. The number of unbranched alkanes of at least 4 members (excludes halogenated alkanes) is 3. The molecule has 7 atom stereocenters. The summed E-state index contributed by atoms with van der Waals surface area (Å²) < 4.78 is 27.0. The number of hydrogen-bond donors (Lipinski definition) is 2. The highest BCUT2D eigenvalue weighted by Gasteiger charge is 2.59. The van der Waals surface area contributed by atoms with Crippen LogP contribution in [0.5, 0.6) is 17.2 Å². The predicted octanol–water partition coefficient (Wildman–Crippen LogP) is 8.40. The fraction of sp³-hybridized carbons (Fsp3) is 0.683. The zero-order valence-electron chi connectivity index (χ0n) is 29.5. The molecule has 48 heavy (non-hydrogen) atoms. The molecule has 4 aliphatic rings. The van der Waals surface area contributed by atoms with Gasteiger partial charge in [0.1, 0.15) is 11.9 Å². The molecule has 0 aliphatic heterocycles. The van der Waals surface area contributed by atoms with E-state index >= 15 is 4.39 Å². The van der Waals surface area contributed by atoms with Gasteiger partial charge in [0, 0.05) is 19.0 Å². The van der Waals surface area contributed by atoms with E-state index < -0.39 is 12.3 Å². The second kappa shape index (κ2) is 15.4. The van der Waals surface area contributed by atoms with Crippen LogP contribution in [-0.4, -0.2) is 60.6 Å². The molecule has 3 fully saturated rings. The van der Waals surface area contributed by atoms with E-state index in [4.69, 9.17) is 9.47 Å². The van der Waals surface area contributed by atoms with Gasteiger partial charge in [-0.15, -0.1) is 0 Å². The first-order valence-corrected chi connectivity index (χ1v) is 18.8. The third-order valence-corrected chi connectivity index (χ3v) is 12.9. The van der Waals surface area contributed by atoms with Crippen molar-refractivity contribution in [2.45, 2.75) is 121 Å². The van der Waals surface area contributed by atoms with Crippen LogP contribution < -0.4 is 9.47 Å². The van der Waals surface area contributed by atoms with Crippen molar-refractivity contribution in [3.63, 3.8) is 0 Å². The summed E-state index contributed by atoms with van der Waals surface area (Å²) in [6.45, 7) is 3.76. The average molecular weight is 664 g/mol. The lowest BCUT2D eigenvalue weighted by atomic mass is 9.51. The van der Waals surface area contributed by atoms with E-state index in [2.05, 4.69) is 11.8 Å². The van der Waals surface area contributed by atoms with E-state index in [9.17, 15) is 15.0 Å². The van der Waals surface area contributed by atoms with Crippen LogP contribution in [0.4, 0.5) is 4.39 Å². The van der Waals surface area contributed by atoms with E-state index in [-0.39, 0.29) is 28.9 Å². The fourth-order valence-electron chi connectivity index (χ4n) is 10.4. The van der Waals surface area contributed by atoms with Gasteiger partial charge in [-0.05, 0) is 121 Å². The standard InChI is InChI=1S/C41H58FNO5/c1-41-25-34(42)40-32-16-15-31(44)24-30(32)23-29(39(40)33(41)17-19-37(41)45)13-9-4-5-10-20-43(26-27-11-7-6-8-12-27)38(46)22-28-14-18-35(47-2)36(21-28)48-3/h14-16,18,21,24,27,29,33-34,37,39-40,44-45H,4-13,17,19-20,22-23,25-26H2,1-3H3/t29-,33?,34+,37+,39?,40?,41+/m1/s1. The zero-order valence-corrected chi connectivity index (χ0v) is 29.5. The van der Waals surface area contributed by atoms with Crippen LogP contribution in [-0.2, 0) is 17.6 Å². The molecule has 0 aromatic heterocycles. The van der Waals surface area contributed by atoms with E-state index in [1.54, 1.807) is 20.3 Å². The number of hydrogen-bond acceptors (Lipinski definition) is 5. The molecule has 6 rings (SSSR count). The Labute approximate surface area is 287 Å². The molecule has 0 saturated heterocycles. The summed E-state index contributed by atoms with van der Waals surface area (Å²) in [5.41, 5.74) is 2.78. The van der Waals surface area contributed by atoms with Crippen LogP contribution in [0.1, 0.15) is 113 Å². The van der Waals surface area contributed by atoms with Gasteiger partial charge in [-0.25, -0.2) is 4.39 Å². The molecular formula is C41H58FNO5. The van der Waals surface area contributed by atoms with Gasteiger partial charge in [0.05, 0.1) is 26.7 Å². The van der Waals surface area contributed by atoms with Gasteiger partial charge in [-0.1, -0.05) is 57.6 Å². The molecule has 6 nitrogen and oxygen atoms in total. The van der Waals surface area contributed by atoms with Gasteiger partial charge in [0.25, 0.3) is 0 Å². The second-order valence-corrected chi connectivity index (χ2v) is 15.8. The Hall–Kier alpha value is -2.80. The Kier molecular flexibility index (Phi) is 11.2. The number of rotatable bonds is 13. The molecule has 0 bridgehead atoms. The number of carbonyl (C=O) groups excluding carboxylic acids is 1. The molecule has 7 heteroatoms. The number of fused-ring (bicyclic) bond motifs is 5. The molecule has 2 N–H and O–H groups in total. The summed E-state index contributed by atoms with van der Waals surface area (Å²) in [6, 6.07) is 11.3. The highest BCUT2D eigenvalue weighted by atomic mass is 19.1. The number of aliphatic hydroxyl groups is 1. The lowest BCUT2D eigenvalue weighted by Gasteiger charge is -2.54. The van der Waals surface area contributed by atoms with E-state index in [1.165, 1.54) is 32.1 Å². The summed E-state index contributed by atoms with van der Waals surface area (Å²) in [7, 11) is 3.25. The maximum atomic E-state index is 16.1. The summed E-state index contributed by atoms with van der Waals surface area (Å²) in [5, 5.41) is 21.2. The van der Waals surface area contributed by atoms with Crippen LogP contribution in [0.15, 0.2) is 36.4 Å². The number of halogens is 1. The van der Waals surface area contributed by atoms with Crippen molar-refractivity contribution < 1.29 is 28.9 Å². The minimum Gasteiger partial charge on any atom is -0.508 e. The van der Waals surface area contributed by atoms with Gasteiger partial charge in [-0.2, -0.15) is 0 Å². The van der Waals surface area contributed by atoms with Gasteiger partial charge in [-0.3, -0.25) is 4.79 Å². The molecule has 2 aromatic carbocycles. The van der Waals surface area contributed by atoms with E-state index in [0.29, 0.717) is 42.1 Å². The van der Waals surface area contributed by atoms with Crippen LogP contribution in [0, 0.1) is 29.1 Å². The number of nitrogens with zero attached hydrogens (tertiary/aromatic N) is 1. The first-order chi connectivity index (χ1) is 23.2. The third kappa shape index (κ3) is 7.37. The van der Waals surface area contributed by atoms with Crippen molar-refractivity contribution in [1.82, 2.24) is 4.90 Å². The van der Waals surface area contributed by atoms with Crippen molar-refractivity contribution in [1.29, 1.82) is 0 Å². The van der Waals surface area contributed by atoms with Crippen molar-refractivity contribution >= 4 is 5.91 Å². The molecule has 3 saturated carbocycles. The van der Waals surface area contributed by atoms with Crippen molar-refractivity contribution in [3.8, 4) is 17.2 Å². The summed E-state index contributed by atoms with van der Waals surface area (Å²) >= 11 is 0. The van der Waals surface area contributed by atoms with Gasteiger partial charge in [0.15, 0.2) is 11.5 Å². The molecule has 0 heterocycles. The molecular weight excluding hydrogens is 605 g/mol. The Bertz CT molecular complexity index is 1390. The van der Waals surface area contributed by atoms with E-state index in [1.807, 2.05) is 30.3 Å². The molecule has 3 unspecified atom stereocenters. The topological polar surface area (TPSA) is 79.2 Å². The maximum absolute atomic E-state index is 16.1. The quantitative estimate of drug-likeness (QED) is 0.211. The molecule has 1 amide bonds. The monoisotopic (exact) mass is 663 g/mol. The number of aliphatic hydroxyl groups excluding tert-OH is 1. The highest BCUT2D eigenvalue weighted by molar-refractivity contribution is 5.79. The smallest absolute Gasteiger partial charge is 0.227 e. The lowest BCUT2D eigenvalue weighted by molar-refractivity contribution is -0.131. The van der Waals surface area contributed by atoms with Crippen LogP contribution in [0.2, 0.25) is 0 Å². The average Bonchev–Trinajstić information content (AvgIpc) is 3.38. The second-order valence-electron chi connectivity index (χ2n) is 15.8. The molecule has 2 aromatic rings. The number of benzene rings is 2. The number of carbonyl (C=O) groups is 1. The van der Waals surface area contributed by atoms with Gasteiger partial charge < -0.3 is 24.6 Å². The summed E-state index contributed by atoms with van der Waals surface area (Å²) in [4.78, 5) is 15.8. The lowest BCUT2D eigenvalue weighted by Crippen LogP contribution is -2.51. The molecule has 0 radical (unpaired) electrons. The van der Waals surface area contributed by atoms with Crippen molar-refractivity contribution in [2.75, 3.05) is 27.3 Å². The minimum absolute atomic E-state index is 0.146. The van der Waals surface area contributed by atoms with Crippen molar-refractivity contribution in [2.24, 2.45) is 29.1 Å². The van der Waals surface area contributed by atoms with Gasteiger partial charge in [0.2, 0.25) is 5.91 Å². The van der Waals surface area contributed by atoms with E-state index in [0.717, 1.165) is 81.1 Å². The zero-order chi connectivity index (χ0) is 33.8. The number of alkyl halides is 1. The Morgan fingerprint density at radius 1 is 0.958 bits per heavy atom. The van der Waals surface area contributed by atoms with Gasteiger partial charge >= 0.3 is 0 Å². The number of methoxy groups -OCH3 is 2. The number of phenolic OH excluding ortho intramolecular Hbond substituents is 1. The van der Waals surface area contributed by atoms with Crippen LogP contribution in [0.25, 0.3) is 0 Å². The number of ether oxygens (including phenoxy) is 2. The van der Waals surface area contributed by atoms with Crippen LogP contribution in [0.3, 0.4) is 0 Å². The maximum Gasteiger partial charge on any atom is 0.227 e. The highest BCUT2D eigenvalue weighted by Crippen LogP contribution is 2.63. The first-order valence-electron chi connectivity index (χ1n) is 18.8. The summed E-state index contributed by atoms with van der Waals surface area (Å²) in [5.74, 6) is 3.12. The third-order valence-electron chi connectivity index (χ3n) is 12.9.